The molecule has 1 amide bonds. The number of rotatable bonds is 7. The van der Waals surface area contributed by atoms with Gasteiger partial charge in [-0.1, -0.05) is 6.92 Å². The summed E-state index contributed by atoms with van der Waals surface area (Å²) in [4.78, 5) is 21.7. The third-order valence-corrected chi connectivity index (χ3v) is 3.96. The number of amides is 1. The van der Waals surface area contributed by atoms with Crippen molar-refractivity contribution in [2.45, 2.75) is 32.8 Å². The lowest BCUT2D eigenvalue weighted by atomic mass is 10.1. The van der Waals surface area contributed by atoms with Crippen molar-refractivity contribution in [2.24, 2.45) is 5.92 Å². The Morgan fingerprint density at radius 3 is 2.74 bits per heavy atom. The van der Waals surface area contributed by atoms with E-state index in [1.54, 1.807) is 6.92 Å². The van der Waals surface area contributed by atoms with Gasteiger partial charge in [0.2, 0.25) is 5.91 Å². The fourth-order valence-electron chi connectivity index (χ4n) is 1.67. The first kappa shape index (κ1) is 15.9. The number of ether oxygens (including phenoxy) is 1. The van der Waals surface area contributed by atoms with Gasteiger partial charge in [0.15, 0.2) is 0 Å². The standard InChI is InChI=1S/C11H19NO6S/c1-8-6-10(18-11(8)14)7-17-19(15,16)5-3-4-12-9(2)13/h8,10H,3-7H2,1-2H3,(H,12,13). The molecule has 0 saturated carbocycles. The summed E-state index contributed by atoms with van der Waals surface area (Å²) in [5, 5.41) is 2.50. The largest absolute Gasteiger partial charge is 0.460 e. The third-order valence-electron chi connectivity index (χ3n) is 2.68. The Bertz CT molecular complexity index is 432. The van der Waals surface area contributed by atoms with E-state index < -0.39 is 16.2 Å². The molecule has 0 aromatic rings. The zero-order valence-electron chi connectivity index (χ0n) is 11.0. The minimum atomic E-state index is -3.64. The predicted octanol–water partition coefficient (Wildman–Crippen LogP) is -0.189. The van der Waals surface area contributed by atoms with Crippen molar-refractivity contribution in [2.75, 3.05) is 18.9 Å². The maximum atomic E-state index is 11.5. The van der Waals surface area contributed by atoms with E-state index in [0.29, 0.717) is 6.42 Å². The average molecular weight is 293 g/mol. The molecule has 8 heteroatoms. The summed E-state index contributed by atoms with van der Waals surface area (Å²) >= 11 is 0. The van der Waals surface area contributed by atoms with Crippen LogP contribution in [-0.2, 0) is 28.6 Å². The molecular formula is C11H19NO6S. The van der Waals surface area contributed by atoms with Gasteiger partial charge in [-0.25, -0.2) is 0 Å². The molecule has 2 unspecified atom stereocenters. The minimum absolute atomic E-state index is 0.140. The summed E-state index contributed by atoms with van der Waals surface area (Å²) < 4.78 is 32.8. The quantitative estimate of drug-likeness (QED) is 0.397. The van der Waals surface area contributed by atoms with E-state index in [4.69, 9.17) is 8.92 Å². The molecule has 1 fully saturated rings. The first-order valence-electron chi connectivity index (χ1n) is 6.12. The number of hydrogen-bond donors (Lipinski definition) is 1. The van der Waals surface area contributed by atoms with Crippen LogP contribution in [0.15, 0.2) is 0 Å². The molecule has 1 rings (SSSR count). The van der Waals surface area contributed by atoms with Crippen LogP contribution in [0.25, 0.3) is 0 Å². The van der Waals surface area contributed by atoms with Gasteiger partial charge in [0, 0.05) is 13.5 Å². The zero-order chi connectivity index (χ0) is 14.5. The summed E-state index contributed by atoms with van der Waals surface area (Å²) in [6, 6.07) is 0. The van der Waals surface area contributed by atoms with Crippen molar-refractivity contribution in [1.29, 1.82) is 0 Å². The van der Waals surface area contributed by atoms with E-state index in [1.165, 1.54) is 6.92 Å². The number of esters is 1. The molecule has 7 nitrogen and oxygen atoms in total. The fourth-order valence-corrected chi connectivity index (χ4v) is 2.65. The van der Waals surface area contributed by atoms with Crippen LogP contribution in [0.5, 0.6) is 0 Å². The summed E-state index contributed by atoms with van der Waals surface area (Å²) in [7, 11) is -3.64. The molecule has 1 heterocycles. The van der Waals surface area contributed by atoms with Gasteiger partial charge in [0.25, 0.3) is 10.1 Å². The Labute approximate surface area is 112 Å². The highest BCUT2D eigenvalue weighted by atomic mass is 32.2. The molecule has 1 N–H and O–H groups in total. The average Bonchev–Trinajstić information content (AvgIpc) is 2.62. The van der Waals surface area contributed by atoms with Gasteiger partial charge in [0.05, 0.1) is 11.7 Å². The summed E-state index contributed by atoms with van der Waals surface area (Å²) in [6.07, 6.45) is 0.260. The van der Waals surface area contributed by atoms with Gasteiger partial charge in [0.1, 0.15) is 12.7 Å². The van der Waals surface area contributed by atoms with Crippen molar-refractivity contribution in [3.05, 3.63) is 0 Å². The number of carbonyl (C=O) groups excluding carboxylic acids is 2. The van der Waals surface area contributed by atoms with E-state index in [2.05, 4.69) is 5.32 Å². The second kappa shape index (κ2) is 6.85. The highest BCUT2D eigenvalue weighted by molar-refractivity contribution is 7.86. The van der Waals surface area contributed by atoms with Crippen LogP contribution < -0.4 is 5.32 Å². The number of hydrogen-bond acceptors (Lipinski definition) is 6. The Morgan fingerprint density at radius 2 is 2.21 bits per heavy atom. The van der Waals surface area contributed by atoms with E-state index >= 15 is 0 Å². The molecule has 0 aliphatic carbocycles. The topological polar surface area (TPSA) is 98.8 Å². The van der Waals surface area contributed by atoms with Gasteiger partial charge >= 0.3 is 5.97 Å². The minimum Gasteiger partial charge on any atom is -0.460 e. The van der Waals surface area contributed by atoms with Crippen molar-refractivity contribution in [1.82, 2.24) is 5.32 Å². The van der Waals surface area contributed by atoms with E-state index in [1.807, 2.05) is 0 Å². The maximum absolute atomic E-state index is 11.5. The Hall–Kier alpha value is -1.15. The van der Waals surface area contributed by atoms with E-state index in [9.17, 15) is 18.0 Å². The van der Waals surface area contributed by atoms with Gasteiger partial charge in [-0.05, 0) is 12.8 Å². The molecule has 1 aliphatic heterocycles. The predicted molar refractivity (Wildman–Crippen MR) is 66.7 cm³/mol. The molecule has 0 aromatic heterocycles. The van der Waals surface area contributed by atoms with Crippen molar-refractivity contribution in [3.8, 4) is 0 Å². The normalized spacial score (nSPS) is 23.2. The second-order valence-corrected chi connectivity index (χ2v) is 6.34. The van der Waals surface area contributed by atoms with Crippen LogP contribution in [-0.4, -0.2) is 45.3 Å². The lowest BCUT2D eigenvalue weighted by molar-refractivity contribution is -0.144. The van der Waals surface area contributed by atoms with E-state index in [-0.39, 0.29) is 43.1 Å². The first-order valence-corrected chi connectivity index (χ1v) is 7.70. The smallest absolute Gasteiger partial charge is 0.309 e. The van der Waals surface area contributed by atoms with E-state index in [0.717, 1.165) is 0 Å². The number of nitrogens with one attached hydrogen (secondary N) is 1. The molecular weight excluding hydrogens is 274 g/mol. The molecule has 1 aliphatic rings. The Morgan fingerprint density at radius 1 is 1.53 bits per heavy atom. The fraction of sp³-hybridized carbons (Fsp3) is 0.818. The summed E-state index contributed by atoms with van der Waals surface area (Å²) in [5.41, 5.74) is 0. The van der Waals surface area contributed by atoms with Crippen molar-refractivity contribution in [3.63, 3.8) is 0 Å². The van der Waals surface area contributed by atoms with Gasteiger partial charge in [-0.3, -0.25) is 13.8 Å². The molecule has 0 bridgehead atoms. The molecule has 0 spiro atoms. The molecule has 1 saturated heterocycles. The van der Waals surface area contributed by atoms with Crippen LogP contribution >= 0.6 is 0 Å². The van der Waals surface area contributed by atoms with Crippen LogP contribution in [0.2, 0.25) is 0 Å². The van der Waals surface area contributed by atoms with Crippen LogP contribution in [0, 0.1) is 5.92 Å². The molecule has 0 radical (unpaired) electrons. The summed E-state index contributed by atoms with van der Waals surface area (Å²) in [5.74, 6) is -0.915. The highest BCUT2D eigenvalue weighted by Crippen LogP contribution is 2.21. The third kappa shape index (κ3) is 6.02. The SMILES string of the molecule is CC(=O)NCCCS(=O)(=O)OCC1CC(C)C(=O)O1. The lowest BCUT2D eigenvalue weighted by Gasteiger charge is -2.10. The van der Waals surface area contributed by atoms with Crippen molar-refractivity contribution < 1.29 is 26.9 Å². The molecule has 2 atom stereocenters. The molecule has 19 heavy (non-hydrogen) atoms. The second-order valence-electron chi connectivity index (χ2n) is 4.58. The van der Waals surface area contributed by atoms with Gasteiger partial charge in [-0.15, -0.1) is 0 Å². The first-order chi connectivity index (χ1) is 8.80. The zero-order valence-corrected chi connectivity index (χ0v) is 11.9. The summed E-state index contributed by atoms with van der Waals surface area (Å²) in [6.45, 7) is 3.23. The number of cyclic esters (lactones) is 1. The molecule has 110 valence electrons. The number of carbonyl (C=O) groups is 2. The van der Waals surface area contributed by atoms with Gasteiger partial charge in [-0.2, -0.15) is 8.42 Å². The van der Waals surface area contributed by atoms with Gasteiger partial charge < -0.3 is 10.1 Å². The van der Waals surface area contributed by atoms with Crippen LogP contribution in [0.4, 0.5) is 0 Å². The highest BCUT2D eigenvalue weighted by Gasteiger charge is 2.32. The maximum Gasteiger partial charge on any atom is 0.309 e. The van der Waals surface area contributed by atoms with Crippen LogP contribution in [0.3, 0.4) is 0 Å². The monoisotopic (exact) mass is 293 g/mol. The lowest BCUT2D eigenvalue weighted by Crippen LogP contribution is -2.25. The molecule has 0 aromatic carbocycles. The Kier molecular flexibility index (Phi) is 5.74. The van der Waals surface area contributed by atoms with Crippen LogP contribution in [0.1, 0.15) is 26.7 Å². The Balaban J connectivity index is 2.23. The van der Waals surface area contributed by atoms with Crippen molar-refractivity contribution >= 4 is 22.0 Å².